The number of carbonyl (C=O) groups is 1. The molecule has 3 nitrogen and oxygen atoms in total. The van der Waals surface area contributed by atoms with Gasteiger partial charge in [-0.2, -0.15) is 0 Å². The maximum Gasteiger partial charge on any atom is 0.257 e. The first-order valence-electron chi connectivity index (χ1n) is 6.47. The monoisotopic (exact) mass is 298 g/mol. The molecular weight excluding hydrogens is 284 g/mol. The van der Waals surface area contributed by atoms with E-state index in [2.05, 4.69) is 17.2 Å². The SMILES string of the molecule is Cc1ccc(C#CCN)c(NC(=O)c2ccccc2Cl)c1. The van der Waals surface area contributed by atoms with E-state index in [1.807, 2.05) is 25.1 Å². The summed E-state index contributed by atoms with van der Waals surface area (Å²) in [6.45, 7) is 2.22. The first-order valence-corrected chi connectivity index (χ1v) is 6.85. The number of halogens is 1. The number of hydrogen-bond acceptors (Lipinski definition) is 2. The maximum absolute atomic E-state index is 12.3. The zero-order valence-corrected chi connectivity index (χ0v) is 12.4. The van der Waals surface area contributed by atoms with E-state index in [4.69, 9.17) is 17.3 Å². The van der Waals surface area contributed by atoms with Crippen LogP contribution in [0.5, 0.6) is 0 Å². The smallest absolute Gasteiger partial charge is 0.257 e. The Hall–Kier alpha value is -2.28. The topological polar surface area (TPSA) is 55.1 Å². The second kappa shape index (κ2) is 6.94. The normalized spacial score (nSPS) is 9.67. The summed E-state index contributed by atoms with van der Waals surface area (Å²) in [4.78, 5) is 12.3. The van der Waals surface area contributed by atoms with Gasteiger partial charge in [-0.25, -0.2) is 0 Å². The molecule has 2 aromatic rings. The van der Waals surface area contributed by atoms with E-state index < -0.39 is 0 Å². The molecule has 3 N–H and O–H groups in total. The molecule has 0 aromatic heterocycles. The maximum atomic E-state index is 12.3. The highest BCUT2D eigenvalue weighted by molar-refractivity contribution is 6.34. The van der Waals surface area contributed by atoms with Crippen molar-refractivity contribution in [3.8, 4) is 11.8 Å². The average Bonchev–Trinajstić information content (AvgIpc) is 2.47. The lowest BCUT2D eigenvalue weighted by Crippen LogP contribution is -2.13. The van der Waals surface area contributed by atoms with Crippen molar-refractivity contribution >= 4 is 23.2 Å². The first-order chi connectivity index (χ1) is 10.1. The van der Waals surface area contributed by atoms with Gasteiger partial charge in [0.25, 0.3) is 5.91 Å². The minimum absolute atomic E-state index is 0.262. The summed E-state index contributed by atoms with van der Waals surface area (Å²) in [5.74, 6) is 5.48. The molecule has 4 heteroatoms. The van der Waals surface area contributed by atoms with Gasteiger partial charge in [-0.15, -0.1) is 0 Å². The van der Waals surface area contributed by atoms with Crippen LogP contribution in [0.3, 0.4) is 0 Å². The Bertz CT molecular complexity index is 729. The van der Waals surface area contributed by atoms with Crippen molar-refractivity contribution < 1.29 is 4.79 Å². The van der Waals surface area contributed by atoms with Crippen LogP contribution in [0, 0.1) is 18.8 Å². The van der Waals surface area contributed by atoms with Gasteiger partial charge in [0, 0.05) is 5.56 Å². The van der Waals surface area contributed by atoms with Crippen LogP contribution in [-0.2, 0) is 0 Å². The van der Waals surface area contributed by atoms with Gasteiger partial charge in [0.15, 0.2) is 0 Å². The molecule has 0 fully saturated rings. The number of rotatable bonds is 2. The van der Waals surface area contributed by atoms with Gasteiger partial charge in [0.2, 0.25) is 0 Å². The number of carbonyl (C=O) groups excluding carboxylic acids is 1. The molecule has 106 valence electrons. The third kappa shape index (κ3) is 3.85. The Kier molecular flexibility index (Phi) is 4.99. The number of anilines is 1. The number of nitrogens with two attached hydrogens (primary N) is 1. The van der Waals surface area contributed by atoms with E-state index in [0.717, 1.165) is 11.1 Å². The largest absolute Gasteiger partial charge is 0.321 e. The van der Waals surface area contributed by atoms with Crippen LogP contribution in [0.1, 0.15) is 21.5 Å². The average molecular weight is 299 g/mol. The number of hydrogen-bond donors (Lipinski definition) is 2. The van der Waals surface area contributed by atoms with Crippen molar-refractivity contribution in [2.24, 2.45) is 5.73 Å². The summed E-state index contributed by atoms with van der Waals surface area (Å²) in [5, 5.41) is 3.26. The van der Waals surface area contributed by atoms with Crippen LogP contribution >= 0.6 is 11.6 Å². The standard InChI is InChI=1S/C17H15ClN2O/c1-12-8-9-13(5-4-10-19)16(11-12)20-17(21)14-6-2-3-7-15(14)18/h2-3,6-9,11H,10,19H2,1H3,(H,20,21). The van der Waals surface area contributed by atoms with Gasteiger partial charge in [-0.1, -0.05) is 41.6 Å². The van der Waals surface area contributed by atoms with Gasteiger partial charge < -0.3 is 11.1 Å². The number of benzene rings is 2. The van der Waals surface area contributed by atoms with Crippen LogP contribution in [0.2, 0.25) is 5.02 Å². The molecule has 0 atom stereocenters. The van der Waals surface area contributed by atoms with Crippen LogP contribution in [0.4, 0.5) is 5.69 Å². The first kappa shape index (κ1) is 15.1. The predicted octanol–water partition coefficient (Wildman–Crippen LogP) is 3.21. The van der Waals surface area contributed by atoms with Crippen molar-refractivity contribution in [1.29, 1.82) is 0 Å². The van der Waals surface area contributed by atoms with E-state index in [1.54, 1.807) is 24.3 Å². The Labute approximate surface area is 129 Å². The van der Waals surface area contributed by atoms with E-state index in [9.17, 15) is 4.79 Å². The number of amides is 1. The number of nitrogens with one attached hydrogen (secondary N) is 1. The Morgan fingerprint density at radius 2 is 2.05 bits per heavy atom. The van der Waals surface area contributed by atoms with Gasteiger partial charge in [0.05, 0.1) is 22.8 Å². The fraction of sp³-hybridized carbons (Fsp3) is 0.118. The predicted molar refractivity (Wildman–Crippen MR) is 86.5 cm³/mol. The molecule has 0 saturated heterocycles. The molecule has 0 radical (unpaired) electrons. The van der Waals surface area contributed by atoms with E-state index in [1.165, 1.54) is 0 Å². The highest BCUT2D eigenvalue weighted by Gasteiger charge is 2.11. The van der Waals surface area contributed by atoms with E-state index in [-0.39, 0.29) is 12.5 Å². The Balaban J connectivity index is 2.33. The molecule has 0 saturated carbocycles. The summed E-state index contributed by atoms with van der Waals surface area (Å²) in [6.07, 6.45) is 0. The van der Waals surface area contributed by atoms with Gasteiger partial charge >= 0.3 is 0 Å². The van der Waals surface area contributed by atoms with E-state index >= 15 is 0 Å². The summed E-state index contributed by atoms with van der Waals surface area (Å²) in [5.41, 5.74) is 8.23. The van der Waals surface area contributed by atoms with E-state index in [0.29, 0.717) is 16.3 Å². The molecule has 0 aliphatic heterocycles. The Morgan fingerprint density at radius 3 is 2.76 bits per heavy atom. The highest BCUT2D eigenvalue weighted by atomic mass is 35.5. The quantitative estimate of drug-likeness (QED) is 0.837. The van der Waals surface area contributed by atoms with Gasteiger partial charge in [-0.3, -0.25) is 4.79 Å². The third-order valence-electron chi connectivity index (χ3n) is 2.87. The molecule has 1 amide bonds. The highest BCUT2D eigenvalue weighted by Crippen LogP contribution is 2.20. The molecule has 0 spiro atoms. The van der Waals surface area contributed by atoms with Crippen molar-refractivity contribution in [1.82, 2.24) is 0 Å². The Morgan fingerprint density at radius 1 is 1.29 bits per heavy atom. The van der Waals surface area contributed by atoms with Crippen LogP contribution in [0.15, 0.2) is 42.5 Å². The lowest BCUT2D eigenvalue weighted by Gasteiger charge is -2.09. The molecule has 2 rings (SSSR count). The zero-order chi connectivity index (χ0) is 15.2. The second-order valence-corrected chi connectivity index (χ2v) is 4.90. The van der Waals surface area contributed by atoms with Crippen LogP contribution in [-0.4, -0.2) is 12.5 Å². The summed E-state index contributed by atoms with van der Waals surface area (Å²) < 4.78 is 0. The minimum atomic E-state index is -0.262. The molecule has 0 aliphatic rings. The van der Waals surface area contributed by atoms with Gasteiger partial charge in [-0.05, 0) is 36.8 Å². The molecule has 0 heterocycles. The molecule has 21 heavy (non-hydrogen) atoms. The summed E-state index contributed by atoms with van der Waals surface area (Å²) in [6, 6.07) is 12.6. The number of aryl methyl sites for hydroxylation is 1. The molecule has 0 unspecified atom stereocenters. The van der Waals surface area contributed by atoms with Crippen LogP contribution < -0.4 is 11.1 Å². The van der Waals surface area contributed by atoms with Crippen LogP contribution in [0.25, 0.3) is 0 Å². The lowest BCUT2D eigenvalue weighted by molar-refractivity contribution is 0.102. The summed E-state index contributed by atoms with van der Waals surface area (Å²) in [7, 11) is 0. The van der Waals surface area contributed by atoms with Crippen molar-refractivity contribution in [2.45, 2.75) is 6.92 Å². The third-order valence-corrected chi connectivity index (χ3v) is 3.20. The minimum Gasteiger partial charge on any atom is -0.321 e. The van der Waals surface area contributed by atoms with Crippen molar-refractivity contribution in [3.05, 3.63) is 64.2 Å². The molecular formula is C17H15ClN2O. The molecule has 0 aliphatic carbocycles. The fourth-order valence-corrected chi connectivity index (χ4v) is 2.07. The van der Waals surface area contributed by atoms with Crippen molar-refractivity contribution in [2.75, 3.05) is 11.9 Å². The van der Waals surface area contributed by atoms with Gasteiger partial charge in [0.1, 0.15) is 0 Å². The molecule has 2 aromatic carbocycles. The second-order valence-electron chi connectivity index (χ2n) is 4.49. The summed E-state index contributed by atoms with van der Waals surface area (Å²) >= 11 is 6.03. The fourth-order valence-electron chi connectivity index (χ4n) is 1.85. The van der Waals surface area contributed by atoms with Crippen molar-refractivity contribution in [3.63, 3.8) is 0 Å². The lowest BCUT2D eigenvalue weighted by atomic mass is 10.1. The molecule has 0 bridgehead atoms. The zero-order valence-electron chi connectivity index (χ0n) is 11.6.